The lowest BCUT2D eigenvalue weighted by molar-refractivity contribution is 0.493. The summed E-state index contributed by atoms with van der Waals surface area (Å²) in [6.45, 7) is 0. The highest BCUT2D eigenvalue weighted by Crippen LogP contribution is 2.27. The van der Waals surface area contributed by atoms with Gasteiger partial charge in [0.05, 0.1) is 0 Å². The summed E-state index contributed by atoms with van der Waals surface area (Å²) in [7, 11) is -4.85. The minimum Gasteiger partial charge on any atom is -0.157 e. The van der Waals surface area contributed by atoms with Gasteiger partial charge in [0, 0.05) is 0 Å². The van der Waals surface area contributed by atoms with Crippen molar-refractivity contribution in [1.82, 2.24) is 0 Å². The van der Waals surface area contributed by atoms with Gasteiger partial charge in [0.1, 0.15) is 0 Å². The van der Waals surface area contributed by atoms with Crippen molar-refractivity contribution in [3.8, 4) is 0 Å². The van der Waals surface area contributed by atoms with Crippen LogP contribution in [0.15, 0.2) is 0 Å². The molecule has 2 N–H and O–H groups in total. The molecule has 0 aliphatic heterocycles. The lowest BCUT2D eigenvalue weighted by Gasteiger charge is -1.53. The molecule has 0 bridgehead atoms. The van der Waals surface area contributed by atoms with E-state index in [2.05, 4.69) is 0 Å². The molecule has 0 amide bonds. The minimum atomic E-state index is -2.42. The zero-order chi connectivity index (χ0) is 5.86. The van der Waals surface area contributed by atoms with Crippen LogP contribution in [0.2, 0.25) is 0 Å². The molecule has 0 saturated heterocycles. The maximum atomic E-state index is 9.61. The number of hydrogen-bond acceptors (Lipinski definition) is 2. The molecule has 0 spiro atoms. The summed E-state index contributed by atoms with van der Waals surface area (Å²) >= 11 is 0. The largest absolute Gasteiger partial charge is 0.561 e. The second-order valence-corrected chi connectivity index (χ2v) is 3.39. The van der Waals surface area contributed by atoms with Crippen molar-refractivity contribution in [1.29, 1.82) is 0 Å². The molecule has 0 saturated carbocycles. The van der Waals surface area contributed by atoms with Gasteiger partial charge in [0.15, 0.2) is 0 Å². The number of rotatable bonds is 2. The number of hydrogen-bond donors (Lipinski definition) is 2. The zero-order valence-electron chi connectivity index (χ0n) is 3.31. The molecule has 2 atom stereocenters. The first-order chi connectivity index (χ1) is 3.13. The van der Waals surface area contributed by atoms with Crippen LogP contribution in [0.1, 0.15) is 0 Å². The van der Waals surface area contributed by atoms with E-state index >= 15 is 0 Å². The quantitative estimate of drug-likeness (QED) is 0.547. The van der Waals surface area contributed by atoms with Crippen LogP contribution in [0.5, 0.6) is 0 Å². The van der Waals surface area contributed by atoms with Gasteiger partial charge in [-0.15, -0.1) is 0 Å². The molecule has 4 nitrogen and oxygen atoms in total. The van der Waals surface area contributed by atoms with E-state index in [0.29, 0.717) is 0 Å². The molecular formula is CH4O4P2+2. The fraction of sp³-hybridized carbons (Fsp3) is 1.00. The van der Waals surface area contributed by atoms with Gasteiger partial charge >= 0.3 is 22.0 Å². The van der Waals surface area contributed by atoms with Crippen LogP contribution in [0.25, 0.3) is 0 Å². The summed E-state index contributed by atoms with van der Waals surface area (Å²) in [5, 5.41) is 0. The maximum absolute atomic E-state index is 9.61. The fourth-order valence-electron chi connectivity index (χ4n) is 0.103. The van der Waals surface area contributed by atoms with E-state index in [1.54, 1.807) is 0 Å². The molecule has 7 heavy (non-hydrogen) atoms. The predicted molar refractivity (Wildman–Crippen MR) is 24.5 cm³/mol. The van der Waals surface area contributed by atoms with Gasteiger partial charge in [-0.2, -0.15) is 9.79 Å². The van der Waals surface area contributed by atoms with Crippen molar-refractivity contribution in [2.45, 2.75) is 0 Å². The van der Waals surface area contributed by atoms with Gasteiger partial charge in [-0.25, -0.2) is 0 Å². The summed E-state index contributed by atoms with van der Waals surface area (Å²) < 4.78 is 19.2. The molecule has 0 heterocycles. The van der Waals surface area contributed by atoms with Gasteiger partial charge in [0.2, 0.25) is 0 Å². The van der Waals surface area contributed by atoms with Crippen molar-refractivity contribution in [2.75, 3.05) is 5.90 Å². The molecule has 0 aliphatic rings. The lowest BCUT2D eigenvalue weighted by atomic mass is 11.9. The van der Waals surface area contributed by atoms with Crippen molar-refractivity contribution < 1.29 is 18.9 Å². The van der Waals surface area contributed by atoms with Crippen molar-refractivity contribution in [2.24, 2.45) is 0 Å². The van der Waals surface area contributed by atoms with Crippen LogP contribution in [-0.2, 0) is 9.13 Å². The van der Waals surface area contributed by atoms with Crippen LogP contribution in [0.3, 0.4) is 0 Å². The van der Waals surface area contributed by atoms with Crippen molar-refractivity contribution >= 4 is 16.1 Å². The van der Waals surface area contributed by atoms with Crippen LogP contribution in [-0.4, -0.2) is 15.7 Å². The normalized spacial score (nSPS) is 13.4. The van der Waals surface area contributed by atoms with E-state index in [1.165, 1.54) is 0 Å². The summed E-state index contributed by atoms with van der Waals surface area (Å²) in [5.74, 6) is -0.509. The third-order valence-corrected chi connectivity index (χ3v) is 2.18. The summed E-state index contributed by atoms with van der Waals surface area (Å²) in [4.78, 5) is 15.8. The van der Waals surface area contributed by atoms with Crippen LogP contribution >= 0.6 is 16.1 Å². The van der Waals surface area contributed by atoms with E-state index in [4.69, 9.17) is 9.79 Å². The third-order valence-electron chi connectivity index (χ3n) is 0.242. The first kappa shape index (κ1) is 7.12. The molecule has 0 rings (SSSR count). The Labute approximate surface area is 41.9 Å². The third kappa shape index (κ3) is 6.12. The summed E-state index contributed by atoms with van der Waals surface area (Å²) in [6.07, 6.45) is 0. The molecule has 0 aromatic heterocycles. The fourth-order valence-corrected chi connectivity index (χ4v) is 0.931. The Kier molecular flexibility index (Phi) is 3.22. The highest BCUT2D eigenvalue weighted by molar-refractivity contribution is 7.56. The molecular weight excluding hydrogens is 138 g/mol. The highest BCUT2D eigenvalue weighted by atomic mass is 31.2. The van der Waals surface area contributed by atoms with E-state index < -0.39 is 22.0 Å². The van der Waals surface area contributed by atoms with Crippen LogP contribution < -0.4 is 0 Å². The molecule has 0 aliphatic carbocycles. The Morgan fingerprint density at radius 3 is 1.43 bits per heavy atom. The van der Waals surface area contributed by atoms with Gasteiger partial charge < -0.3 is 0 Å². The van der Waals surface area contributed by atoms with Gasteiger partial charge in [-0.05, 0) is 9.13 Å². The molecule has 40 valence electrons. The maximum Gasteiger partial charge on any atom is 0.561 e. The highest BCUT2D eigenvalue weighted by Gasteiger charge is 2.26. The molecule has 2 unspecified atom stereocenters. The predicted octanol–water partition coefficient (Wildman–Crippen LogP) is 0.413. The van der Waals surface area contributed by atoms with Gasteiger partial charge in [-0.1, -0.05) is 0 Å². The summed E-state index contributed by atoms with van der Waals surface area (Å²) in [5.41, 5.74) is 0. The second-order valence-electron chi connectivity index (χ2n) is 0.846. The van der Waals surface area contributed by atoms with Gasteiger partial charge in [-0.3, -0.25) is 0 Å². The minimum absolute atomic E-state index is 0.509. The van der Waals surface area contributed by atoms with Gasteiger partial charge in [0.25, 0.3) is 0 Å². The van der Waals surface area contributed by atoms with E-state index in [0.717, 1.165) is 0 Å². The van der Waals surface area contributed by atoms with Crippen molar-refractivity contribution in [3.05, 3.63) is 0 Å². The average Bonchev–Trinajstić information content (AvgIpc) is 1.27. The molecule has 0 fully saturated rings. The van der Waals surface area contributed by atoms with E-state index in [1.807, 2.05) is 0 Å². The monoisotopic (exact) mass is 142 g/mol. The van der Waals surface area contributed by atoms with Crippen LogP contribution in [0, 0.1) is 0 Å². The molecule has 6 heteroatoms. The SMILES string of the molecule is O=[P+](O)C[P+](=O)O. The molecule has 0 aromatic rings. The Bertz CT molecular complexity index is 85.9. The Morgan fingerprint density at radius 1 is 1.14 bits per heavy atom. The molecule has 0 aromatic carbocycles. The summed E-state index contributed by atoms with van der Waals surface area (Å²) in [6, 6.07) is 0. The van der Waals surface area contributed by atoms with E-state index in [-0.39, 0.29) is 0 Å². The Hall–Kier alpha value is 0.120. The average molecular weight is 142 g/mol. The zero-order valence-corrected chi connectivity index (χ0v) is 5.10. The Morgan fingerprint density at radius 2 is 1.43 bits per heavy atom. The first-order valence-electron chi connectivity index (χ1n) is 1.40. The lowest BCUT2D eigenvalue weighted by Crippen LogP contribution is -1.62. The topological polar surface area (TPSA) is 74.6 Å². The molecule has 0 radical (unpaired) electrons. The van der Waals surface area contributed by atoms with E-state index in [9.17, 15) is 9.13 Å². The first-order valence-corrected chi connectivity index (χ1v) is 4.19. The smallest absolute Gasteiger partial charge is 0.157 e. The van der Waals surface area contributed by atoms with Crippen LogP contribution in [0.4, 0.5) is 0 Å². The second kappa shape index (κ2) is 3.16. The van der Waals surface area contributed by atoms with Crippen molar-refractivity contribution in [3.63, 3.8) is 0 Å². The standard InChI is InChI=1S/CH2O4P2/c2-6(3)1-7(4)5/h1H2/p+2. The Balaban J connectivity index is 3.32.